The molecule has 0 spiro atoms. The van der Waals surface area contributed by atoms with Crippen LogP contribution in [0.25, 0.3) is 11.3 Å². The lowest BCUT2D eigenvalue weighted by Crippen LogP contribution is -2.32. The zero-order valence-electron chi connectivity index (χ0n) is 12.7. The SMILES string of the molecule is CC(=O)C(C)n1c(-c2ccc(C)cc2)ccc(C(=O)O)c1=O. The molecule has 0 radical (unpaired) electrons. The molecule has 1 aromatic carbocycles. The normalized spacial score (nSPS) is 12.0. The van der Waals surface area contributed by atoms with E-state index in [2.05, 4.69) is 0 Å². The zero-order valence-corrected chi connectivity index (χ0v) is 12.7. The summed E-state index contributed by atoms with van der Waals surface area (Å²) in [5.41, 5.74) is 1.34. The smallest absolute Gasteiger partial charge is 0.341 e. The van der Waals surface area contributed by atoms with Gasteiger partial charge in [0.1, 0.15) is 5.56 Å². The lowest BCUT2D eigenvalue weighted by atomic mass is 10.1. The van der Waals surface area contributed by atoms with E-state index in [1.807, 2.05) is 31.2 Å². The summed E-state index contributed by atoms with van der Waals surface area (Å²) in [6, 6.07) is 9.59. The van der Waals surface area contributed by atoms with Crippen LogP contribution < -0.4 is 5.56 Å². The van der Waals surface area contributed by atoms with Gasteiger partial charge in [-0.3, -0.25) is 14.2 Å². The highest BCUT2D eigenvalue weighted by atomic mass is 16.4. The van der Waals surface area contributed by atoms with E-state index in [9.17, 15) is 14.4 Å². The number of carboxylic acid groups (broad SMARTS) is 1. The Morgan fingerprint density at radius 3 is 2.18 bits per heavy atom. The molecule has 1 unspecified atom stereocenters. The maximum absolute atomic E-state index is 12.4. The summed E-state index contributed by atoms with van der Waals surface area (Å²) in [7, 11) is 0. The molecule has 0 saturated carbocycles. The predicted octanol–water partition coefficient (Wildman–Crippen LogP) is 2.67. The topological polar surface area (TPSA) is 76.4 Å². The molecule has 5 heteroatoms. The highest BCUT2D eigenvalue weighted by Gasteiger charge is 2.21. The fourth-order valence-corrected chi connectivity index (χ4v) is 2.24. The first-order valence-corrected chi connectivity index (χ1v) is 6.89. The molecule has 1 aromatic heterocycles. The van der Waals surface area contributed by atoms with E-state index in [0.717, 1.165) is 11.1 Å². The third-order valence-corrected chi connectivity index (χ3v) is 3.67. The molecule has 2 aromatic rings. The predicted molar refractivity (Wildman–Crippen MR) is 83.2 cm³/mol. The average Bonchev–Trinajstić information content (AvgIpc) is 2.46. The highest BCUT2D eigenvalue weighted by Crippen LogP contribution is 2.22. The number of nitrogens with zero attached hydrogens (tertiary/aromatic N) is 1. The highest BCUT2D eigenvalue weighted by molar-refractivity contribution is 5.88. The number of carbonyl (C=O) groups excluding carboxylic acids is 1. The Kier molecular flexibility index (Phi) is 4.26. The molecule has 0 aliphatic rings. The number of rotatable bonds is 4. The first-order valence-electron chi connectivity index (χ1n) is 6.89. The minimum Gasteiger partial charge on any atom is -0.477 e. The van der Waals surface area contributed by atoms with Gasteiger partial charge in [-0.25, -0.2) is 4.79 Å². The van der Waals surface area contributed by atoms with Crippen LogP contribution in [0.3, 0.4) is 0 Å². The van der Waals surface area contributed by atoms with Gasteiger partial charge in [-0.15, -0.1) is 0 Å². The molecule has 0 amide bonds. The largest absolute Gasteiger partial charge is 0.477 e. The summed E-state index contributed by atoms with van der Waals surface area (Å²) in [5.74, 6) is -1.51. The van der Waals surface area contributed by atoms with Crippen molar-refractivity contribution >= 4 is 11.8 Å². The minimum atomic E-state index is -1.30. The van der Waals surface area contributed by atoms with Crippen molar-refractivity contribution in [3.8, 4) is 11.3 Å². The van der Waals surface area contributed by atoms with Crippen LogP contribution in [0.15, 0.2) is 41.2 Å². The van der Waals surface area contributed by atoms with Crippen LogP contribution in [0, 0.1) is 6.92 Å². The molecule has 1 atom stereocenters. The number of Topliss-reactive ketones (excluding diaryl/α,β-unsaturated/α-hetero) is 1. The molecule has 2 rings (SSSR count). The van der Waals surface area contributed by atoms with Crippen LogP contribution >= 0.6 is 0 Å². The molecule has 0 aliphatic heterocycles. The van der Waals surface area contributed by atoms with Gasteiger partial charge in [-0.1, -0.05) is 29.8 Å². The summed E-state index contributed by atoms with van der Waals surface area (Å²) in [5, 5.41) is 9.11. The number of pyridine rings is 1. The van der Waals surface area contributed by atoms with Crippen molar-refractivity contribution in [2.75, 3.05) is 0 Å². The second-order valence-corrected chi connectivity index (χ2v) is 5.27. The van der Waals surface area contributed by atoms with Gasteiger partial charge in [0.25, 0.3) is 5.56 Å². The number of carboxylic acids is 1. The van der Waals surface area contributed by atoms with Crippen molar-refractivity contribution < 1.29 is 14.7 Å². The van der Waals surface area contributed by atoms with Crippen molar-refractivity contribution in [2.24, 2.45) is 0 Å². The maximum Gasteiger partial charge on any atom is 0.341 e. The fraction of sp³-hybridized carbons (Fsp3) is 0.235. The molecule has 5 nitrogen and oxygen atoms in total. The van der Waals surface area contributed by atoms with Crippen LogP contribution in [-0.4, -0.2) is 21.4 Å². The zero-order chi connectivity index (χ0) is 16.4. The Bertz CT molecular complexity index is 787. The third-order valence-electron chi connectivity index (χ3n) is 3.67. The first-order chi connectivity index (χ1) is 10.3. The third kappa shape index (κ3) is 2.83. The summed E-state index contributed by atoms with van der Waals surface area (Å²) in [4.78, 5) is 35.3. The summed E-state index contributed by atoms with van der Waals surface area (Å²) < 4.78 is 1.25. The number of aryl methyl sites for hydroxylation is 1. The second-order valence-electron chi connectivity index (χ2n) is 5.27. The van der Waals surface area contributed by atoms with Gasteiger partial charge in [-0.2, -0.15) is 0 Å². The Morgan fingerprint density at radius 1 is 1.09 bits per heavy atom. The number of aromatic carboxylic acids is 1. The van der Waals surface area contributed by atoms with Crippen molar-refractivity contribution in [1.82, 2.24) is 4.57 Å². The molecule has 0 aliphatic carbocycles. The van der Waals surface area contributed by atoms with Crippen molar-refractivity contribution in [3.63, 3.8) is 0 Å². The molecule has 22 heavy (non-hydrogen) atoms. The van der Waals surface area contributed by atoms with Gasteiger partial charge in [0.2, 0.25) is 0 Å². The lowest BCUT2D eigenvalue weighted by molar-refractivity contribution is -0.119. The van der Waals surface area contributed by atoms with Crippen molar-refractivity contribution in [1.29, 1.82) is 0 Å². The van der Waals surface area contributed by atoms with E-state index in [0.29, 0.717) is 5.69 Å². The number of ketones is 1. The van der Waals surface area contributed by atoms with E-state index < -0.39 is 17.6 Å². The van der Waals surface area contributed by atoms with E-state index in [4.69, 9.17) is 5.11 Å². The van der Waals surface area contributed by atoms with Crippen molar-refractivity contribution in [3.05, 3.63) is 57.9 Å². The Labute approximate surface area is 127 Å². The van der Waals surface area contributed by atoms with Crippen molar-refractivity contribution in [2.45, 2.75) is 26.8 Å². The fourth-order valence-electron chi connectivity index (χ4n) is 2.24. The Hall–Kier alpha value is -2.69. The number of hydrogen-bond donors (Lipinski definition) is 1. The molecule has 1 heterocycles. The van der Waals surface area contributed by atoms with Gasteiger partial charge in [-0.05, 0) is 38.5 Å². The van der Waals surface area contributed by atoms with Gasteiger partial charge in [0.05, 0.1) is 11.7 Å². The van der Waals surface area contributed by atoms with Gasteiger partial charge >= 0.3 is 5.97 Å². The maximum atomic E-state index is 12.4. The van der Waals surface area contributed by atoms with Gasteiger partial charge in [0, 0.05) is 0 Å². The molecule has 114 valence electrons. The summed E-state index contributed by atoms with van der Waals surface area (Å²) in [6.07, 6.45) is 0. The molecular weight excluding hydrogens is 282 g/mol. The molecular formula is C17H17NO4. The van der Waals surface area contributed by atoms with E-state index >= 15 is 0 Å². The number of hydrogen-bond acceptors (Lipinski definition) is 3. The average molecular weight is 299 g/mol. The first kappa shape index (κ1) is 15.7. The molecule has 0 fully saturated rings. The molecule has 0 saturated heterocycles. The molecule has 0 bridgehead atoms. The van der Waals surface area contributed by atoms with E-state index in [-0.39, 0.29) is 11.3 Å². The number of benzene rings is 1. The van der Waals surface area contributed by atoms with Crippen LogP contribution in [0.2, 0.25) is 0 Å². The lowest BCUT2D eigenvalue weighted by Gasteiger charge is -2.18. The van der Waals surface area contributed by atoms with E-state index in [1.165, 1.54) is 17.6 Å². The quantitative estimate of drug-likeness (QED) is 0.941. The minimum absolute atomic E-state index is 0.210. The number of aromatic nitrogens is 1. The summed E-state index contributed by atoms with van der Waals surface area (Å²) >= 11 is 0. The van der Waals surface area contributed by atoms with Gasteiger partial charge in [0.15, 0.2) is 5.78 Å². The summed E-state index contributed by atoms with van der Waals surface area (Å²) in [6.45, 7) is 4.92. The van der Waals surface area contributed by atoms with E-state index in [1.54, 1.807) is 13.0 Å². The van der Waals surface area contributed by atoms with Crippen LogP contribution in [0.1, 0.15) is 35.8 Å². The standard InChI is InChI=1S/C17H17NO4/c1-10-4-6-13(7-5-10)15-9-8-14(17(21)22)16(20)18(15)11(2)12(3)19/h4-9,11H,1-3H3,(H,21,22). The molecule has 1 N–H and O–H groups in total. The Morgan fingerprint density at radius 2 is 1.68 bits per heavy atom. The second kappa shape index (κ2) is 5.97. The van der Waals surface area contributed by atoms with Gasteiger partial charge < -0.3 is 5.11 Å². The van der Waals surface area contributed by atoms with Crippen LogP contribution in [-0.2, 0) is 4.79 Å². The number of carbonyl (C=O) groups is 2. The van der Waals surface area contributed by atoms with Crippen LogP contribution in [0.4, 0.5) is 0 Å². The monoisotopic (exact) mass is 299 g/mol. The Balaban J connectivity index is 2.76. The van der Waals surface area contributed by atoms with Crippen LogP contribution in [0.5, 0.6) is 0 Å².